The van der Waals surface area contributed by atoms with E-state index in [0.29, 0.717) is 18.8 Å². The molecule has 1 fully saturated rings. The van der Waals surface area contributed by atoms with Crippen LogP contribution in [0.1, 0.15) is 53.7 Å². The first-order valence-corrected chi connectivity index (χ1v) is 13.8. The number of nitrogens with one attached hydrogen (secondary N) is 1. The Bertz CT molecular complexity index is 1210. The van der Waals surface area contributed by atoms with Crippen LogP contribution in [0.15, 0.2) is 53.9 Å². The lowest BCUT2D eigenvalue weighted by Gasteiger charge is -2.29. The second-order valence-corrected chi connectivity index (χ2v) is 11.3. The number of rotatable bonds is 7. The van der Waals surface area contributed by atoms with Gasteiger partial charge in [-0.05, 0) is 43.4 Å². The van der Waals surface area contributed by atoms with Crippen LogP contribution >= 0.6 is 11.3 Å². The molecule has 2 heterocycles. The van der Waals surface area contributed by atoms with Crippen LogP contribution in [-0.2, 0) is 16.4 Å². The molecule has 0 atom stereocenters. The summed E-state index contributed by atoms with van der Waals surface area (Å²) in [4.78, 5) is 17.6. The summed E-state index contributed by atoms with van der Waals surface area (Å²) < 4.78 is 25.7. The summed E-state index contributed by atoms with van der Waals surface area (Å²) in [6, 6.07) is 16.1. The maximum Gasteiger partial charge on any atom is 0.275 e. The zero-order valence-corrected chi connectivity index (χ0v) is 20.6. The molecule has 0 spiro atoms. The maximum atomic E-state index is 13.0. The Kier molecular flexibility index (Phi) is 7.26. The number of anilines is 1. The number of aryl methyl sites for hydroxylation is 1. The van der Waals surface area contributed by atoms with Gasteiger partial charge in [-0.1, -0.05) is 49.4 Å². The highest BCUT2D eigenvalue weighted by molar-refractivity contribution is 7.89. The van der Waals surface area contributed by atoms with Crippen LogP contribution in [0.4, 0.5) is 5.69 Å². The van der Waals surface area contributed by atoms with Crippen LogP contribution in [0.2, 0.25) is 0 Å². The van der Waals surface area contributed by atoms with Crippen molar-refractivity contribution in [3.05, 3.63) is 70.2 Å². The van der Waals surface area contributed by atoms with E-state index < -0.39 is 10.0 Å². The minimum absolute atomic E-state index is 0.128. The van der Waals surface area contributed by atoms with E-state index in [4.69, 9.17) is 0 Å². The summed E-state index contributed by atoms with van der Waals surface area (Å²) >= 11 is 1.47. The molecule has 1 saturated heterocycles. The topological polar surface area (TPSA) is 79.4 Å². The highest BCUT2D eigenvalue weighted by Crippen LogP contribution is 2.32. The molecule has 2 aromatic carbocycles. The van der Waals surface area contributed by atoms with Crippen molar-refractivity contribution in [1.29, 1.82) is 0 Å². The van der Waals surface area contributed by atoms with Gasteiger partial charge < -0.3 is 5.32 Å². The monoisotopic (exact) mass is 483 g/mol. The SMILES string of the molecule is CCc1ccc(-c2ccccc2NC(=O)c2csc(C3CCN(S(=O)(=O)CC)CC3)n2)cc1. The Hall–Kier alpha value is -2.55. The first-order chi connectivity index (χ1) is 15.9. The fourth-order valence-electron chi connectivity index (χ4n) is 4.09. The first-order valence-electron chi connectivity index (χ1n) is 11.3. The molecule has 4 rings (SSSR count). The van der Waals surface area contributed by atoms with Crippen molar-refractivity contribution in [1.82, 2.24) is 9.29 Å². The van der Waals surface area contributed by atoms with Gasteiger partial charge in [-0.15, -0.1) is 11.3 Å². The van der Waals surface area contributed by atoms with Crippen LogP contribution in [0.25, 0.3) is 11.1 Å². The number of thiazole rings is 1. The summed E-state index contributed by atoms with van der Waals surface area (Å²) in [5, 5.41) is 5.71. The van der Waals surface area contributed by atoms with Gasteiger partial charge in [-0.2, -0.15) is 0 Å². The quantitative estimate of drug-likeness (QED) is 0.504. The van der Waals surface area contributed by atoms with Crippen molar-refractivity contribution in [3.63, 3.8) is 0 Å². The van der Waals surface area contributed by atoms with Crippen LogP contribution < -0.4 is 5.32 Å². The van der Waals surface area contributed by atoms with Crippen molar-refractivity contribution in [2.24, 2.45) is 0 Å². The lowest BCUT2D eigenvalue weighted by atomic mass is 9.99. The minimum atomic E-state index is -3.15. The van der Waals surface area contributed by atoms with Gasteiger partial charge in [0.1, 0.15) is 5.69 Å². The standard InChI is InChI=1S/C25H29N3O3S2/c1-3-18-9-11-19(12-10-18)21-7-5-6-8-22(21)26-24(29)23-17-32-25(27-23)20-13-15-28(16-14-20)33(30,31)4-2/h5-12,17,20H,3-4,13-16H2,1-2H3,(H,26,29). The van der Waals surface area contributed by atoms with E-state index in [9.17, 15) is 13.2 Å². The van der Waals surface area contributed by atoms with Gasteiger partial charge in [0.15, 0.2) is 0 Å². The number of hydrogen-bond donors (Lipinski definition) is 1. The normalized spacial score (nSPS) is 15.5. The number of amides is 1. The molecule has 33 heavy (non-hydrogen) atoms. The Morgan fingerprint density at radius 3 is 2.45 bits per heavy atom. The summed E-state index contributed by atoms with van der Waals surface area (Å²) in [5.74, 6) is 0.0778. The van der Waals surface area contributed by atoms with Gasteiger partial charge >= 0.3 is 0 Å². The molecular weight excluding hydrogens is 454 g/mol. The van der Waals surface area contributed by atoms with Crippen molar-refractivity contribution < 1.29 is 13.2 Å². The summed E-state index contributed by atoms with van der Waals surface area (Å²) in [5.41, 5.74) is 4.44. The third kappa shape index (κ3) is 5.34. The number of piperidine rings is 1. The summed E-state index contributed by atoms with van der Waals surface area (Å²) in [6.45, 7) is 4.81. The first kappa shape index (κ1) is 23.6. The number of carbonyl (C=O) groups is 1. The van der Waals surface area contributed by atoms with Crippen molar-refractivity contribution in [3.8, 4) is 11.1 Å². The molecule has 174 valence electrons. The van der Waals surface area contributed by atoms with E-state index in [2.05, 4.69) is 41.5 Å². The van der Waals surface area contributed by atoms with Gasteiger partial charge in [-0.3, -0.25) is 4.79 Å². The molecule has 3 aromatic rings. The molecule has 0 bridgehead atoms. The average molecular weight is 484 g/mol. The second-order valence-electron chi connectivity index (χ2n) is 8.20. The molecule has 1 aromatic heterocycles. The Morgan fingerprint density at radius 2 is 1.79 bits per heavy atom. The van der Waals surface area contributed by atoms with Gasteiger partial charge in [0.25, 0.3) is 5.91 Å². The van der Waals surface area contributed by atoms with Gasteiger partial charge in [0.2, 0.25) is 10.0 Å². The highest BCUT2D eigenvalue weighted by atomic mass is 32.2. The fraction of sp³-hybridized carbons (Fsp3) is 0.360. The predicted molar refractivity (Wildman–Crippen MR) is 134 cm³/mol. The Morgan fingerprint density at radius 1 is 1.09 bits per heavy atom. The number of sulfonamides is 1. The molecule has 1 N–H and O–H groups in total. The molecular formula is C25H29N3O3S2. The second kappa shape index (κ2) is 10.2. The largest absolute Gasteiger partial charge is 0.320 e. The molecule has 1 aliphatic heterocycles. The van der Waals surface area contributed by atoms with Crippen molar-refractivity contribution in [2.75, 3.05) is 24.2 Å². The zero-order chi connectivity index (χ0) is 23.4. The van der Waals surface area contributed by atoms with Crippen molar-refractivity contribution in [2.45, 2.75) is 39.0 Å². The third-order valence-corrected chi connectivity index (χ3v) is 9.05. The minimum Gasteiger partial charge on any atom is -0.320 e. The maximum absolute atomic E-state index is 13.0. The number of hydrogen-bond acceptors (Lipinski definition) is 5. The molecule has 0 unspecified atom stereocenters. The van der Waals surface area contributed by atoms with Crippen LogP contribution in [0.3, 0.4) is 0 Å². The molecule has 1 aliphatic rings. The number of nitrogens with zero attached hydrogens (tertiary/aromatic N) is 2. The average Bonchev–Trinajstić information content (AvgIpc) is 3.35. The lowest BCUT2D eigenvalue weighted by molar-refractivity contribution is 0.102. The smallest absolute Gasteiger partial charge is 0.275 e. The number of benzene rings is 2. The van der Waals surface area contributed by atoms with E-state index in [1.165, 1.54) is 16.9 Å². The zero-order valence-electron chi connectivity index (χ0n) is 19.0. The van der Waals surface area contributed by atoms with E-state index in [-0.39, 0.29) is 17.6 Å². The summed E-state index contributed by atoms with van der Waals surface area (Å²) in [7, 11) is -3.15. The van der Waals surface area contributed by atoms with Crippen LogP contribution in [0.5, 0.6) is 0 Å². The summed E-state index contributed by atoms with van der Waals surface area (Å²) in [6.07, 6.45) is 2.44. The van der Waals surface area contributed by atoms with Crippen LogP contribution in [-0.4, -0.2) is 42.5 Å². The Balaban J connectivity index is 1.45. The lowest BCUT2D eigenvalue weighted by Crippen LogP contribution is -2.38. The fourth-order valence-corrected chi connectivity index (χ4v) is 6.20. The molecule has 0 saturated carbocycles. The number of para-hydroxylation sites is 1. The van der Waals surface area contributed by atoms with Gasteiger partial charge in [0.05, 0.1) is 10.8 Å². The molecule has 1 amide bonds. The highest BCUT2D eigenvalue weighted by Gasteiger charge is 2.29. The molecule has 8 heteroatoms. The van der Waals surface area contributed by atoms with Gasteiger partial charge in [0, 0.05) is 35.6 Å². The molecule has 6 nitrogen and oxygen atoms in total. The van der Waals surface area contributed by atoms with Crippen LogP contribution in [0, 0.1) is 0 Å². The van der Waals surface area contributed by atoms with Crippen molar-refractivity contribution >= 4 is 33.0 Å². The number of aromatic nitrogens is 1. The third-order valence-electron chi connectivity index (χ3n) is 6.16. The van der Waals surface area contributed by atoms with E-state index in [0.717, 1.165) is 41.1 Å². The molecule has 0 radical (unpaired) electrons. The van der Waals surface area contributed by atoms with E-state index >= 15 is 0 Å². The number of carbonyl (C=O) groups excluding carboxylic acids is 1. The van der Waals surface area contributed by atoms with E-state index in [1.54, 1.807) is 16.6 Å². The van der Waals surface area contributed by atoms with Gasteiger partial charge in [-0.25, -0.2) is 17.7 Å². The van der Waals surface area contributed by atoms with E-state index in [1.807, 2.05) is 24.3 Å². The Labute approximate surface area is 199 Å². The predicted octanol–water partition coefficient (Wildman–Crippen LogP) is 5.15. The molecule has 0 aliphatic carbocycles.